The molecular formula is C15H23ClN4O2. The van der Waals surface area contributed by atoms with Gasteiger partial charge in [0.2, 0.25) is 0 Å². The van der Waals surface area contributed by atoms with E-state index in [9.17, 15) is 5.11 Å². The second-order valence-electron chi connectivity index (χ2n) is 5.99. The molecule has 3 heterocycles. The maximum Gasteiger partial charge on any atom is 0.318 e. The molecule has 122 valence electrons. The lowest BCUT2D eigenvalue weighted by Crippen LogP contribution is -2.43. The molecule has 2 atom stereocenters. The van der Waals surface area contributed by atoms with Crippen LogP contribution < -0.4 is 9.64 Å². The van der Waals surface area contributed by atoms with Gasteiger partial charge in [-0.1, -0.05) is 11.6 Å². The molecule has 1 aromatic rings. The molecule has 1 aromatic heterocycles. The van der Waals surface area contributed by atoms with Gasteiger partial charge in [0.1, 0.15) is 5.02 Å². The van der Waals surface area contributed by atoms with E-state index in [4.69, 9.17) is 16.3 Å². The summed E-state index contributed by atoms with van der Waals surface area (Å²) in [5, 5.41) is 10.1. The maximum absolute atomic E-state index is 9.49. The van der Waals surface area contributed by atoms with Crippen LogP contribution in [0, 0.1) is 0 Å². The quantitative estimate of drug-likeness (QED) is 0.886. The van der Waals surface area contributed by atoms with E-state index in [1.807, 2.05) is 0 Å². The van der Waals surface area contributed by atoms with E-state index >= 15 is 0 Å². The highest BCUT2D eigenvalue weighted by atomic mass is 35.5. The van der Waals surface area contributed by atoms with Crippen molar-refractivity contribution in [1.29, 1.82) is 0 Å². The van der Waals surface area contributed by atoms with E-state index in [0.29, 0.717) is 23.1 Å². The van der Waals surface area contributed by atoms with Gasteiger partial charge < -0.3 is 14.7 Å². The highest BCUT2D eigenvalue weighted by Gasteiger charge is 2.32. The molecule has 1 N–H and O–H groups in total. The Balaban J connectivity index is 1.75. The van der Waals surface area contributed by atoms with Crippen molar-refractivity contribution in [2.45, 2.75) is 37.8 Å². The first-order valence-corrected chi connectivity index (χ1v) is 8.28. The summed E-state index contributed by atoms with van der Waals surface area (Å²) < 4.78 is 5.12. The van der Waals surface area contributed by atoms with Crippen molar-refractivity contribution >= 4 is 17.4 Å². The summed E-state index contributed by atoms with van der Waals surface area (Å²) in [4.78, 5) is 13.1. The van der Waals surface area contributed by atoms with Crippen molar-refractivity contribution in [3.05, 3.63) is 11.2 Å². The topological polar surface area (TPSA) is 61.7 Å². The van der Waals surface area contributed by atoms with Crippen LogP contribution in [0.5, 0.6) is 6.01 Å². The van der Waals surface area contributed by atoms with Gasteiger partial charge in [0.15, 0.2) is 5.82 Å². The minimum absolute atomic E-state index is 0.245. The van der Waals surface area contributed by atoms with Crippen molar-refractivity contribution in [2.75, 3.05) is 38.3 Å². The Labute approximate surface area is 136 Å². The molecule has 2 unspecified atom stereocenters. The fourth-order valence-corrected chi connectivity index (χ4v) is 3.76. The van der Waals surface area contributed by atoms with Crippen molar-refractivity contribution in [3.63, 3.8) is 0 Å². The first kappa shape index (κ1) is 15.8. The third-order valence-corrected chi connectivity index (χ3v) is 4.96. The number of likely N-dealkylation sites (tertiary alicyclic amines) is 1. The third-order valence-electron chi connectivity index (χ3n) is 4.69. The monoisotopic (exact) mass is 326 g/mol. The molecule has 2 aliphatic rings. The van der Waals surface area contributed by atoms with Crippen molar-refractivity contribution in [2.24, 2.45) is 0 Å². The molecule has 0 bridgehead atoms. The minimum Gasteiger partial charge on any atom is -0.467 e. The zero-order chi connectivity index (χ0) is 15.5. The molecule has 2 aliphatic heterocycles. The van der Waals surface area contributed by atoms with Gasteiger partial charge in [-0.2, -0.15) is 4.98 Å². The highest BCUT2D eigenvalue weighted by Crippen LogP contribution is 2.32. The van der Waals surface area contributed by atoms with Gasteiger partial charge in [-0.25, -0.2) is 4.98 Å². The highest BCUT2D eigenvalue weighted by molar-refractivity contribution is 6.32. The van der Waals surface area contributed by atoms with Crippen LogP contribution in [-0.2, 0) is 0 Å². The van der Waals surface area contributed by atoms with Crippen LogP contribution in [0.15, 0.2) is 6.20 Å². The Kier molecular flexibility index (Phi) is 5.00. The lowest BCUT2D eigenvalue weighted by atomic mass is 10.2. The molecule has 7 heteroatoms. The lowest BCUT2D eigenvalue weighted by Gasteiger charge is -2.32. The number of ether oxygens (including phenoxy) is 1. The summed E-state index contributed by atoms with van der Waals surface area (Å²) in [5.41, 5.74) is 0. The molecule has 0 saturated carbocycles. The minimum atomic E-state index is 0.245. The number of hydrogen-bond donors (Lipinski definition) is 1. The Morgan fingerprint density at radius 1 is 1.32 bits per heavy atom. The van der Waals surface area contributed by atoms with Gasteiger partial charge in [0.25, 0.3) is 0 Å². The molecule has 6 nitrogen and oxygen atoms in total. The molecule has 0 aromatic carbocycles. The zero-order valence-corrected chi connectivity index (χ0v) is 13.7. The maximum atomic E-state index is 9.49. The summed E-state index contributed by atoms with van der Waals surface area (Å²) in [6, 6.07) is 1.03. The molecule has 0 amide bonds. The van der Waals surface area contributed by atoms with Gasteiger partial charge in [0.05, 0.1) is 19.9 Å². The number of hydrogen-bond acceptors (Lipinski definition) is 6. The van der Waals surface area contributed by atoms with Crippen LogP contribution in [0.25, 0.3) is 0 Å². The molecule has 0 radical (unpaired) electrons. The molecule has 22 heavy (non-hydrogen) atoms. The predicted octanol–water partition coefficient (Wildman–Crippen LogP) is 1.56. The standard InChI is InChI=1S/C15H23ClN4O2/c1-22-15-17-8-13(16)14(18-15)20-7-3-4-11(20)9-19-6-2-5-12(19)10-21/h8,11-12,21H,2-7,9-10H2,1H3. The third kappa shape index (κ3) is 3.14. The fourth-order valence-electron chi connectivity index (χ4n) is 3.56. The Hall–Kier alpha value is -1.11. The Morgan fingerprint density at radius 2 is 2.09 bits per heavy atom. The summed E-state index contributed by atoms with van der Waals surface area (Å²) >= 11 is 6.30. The van der Waals surface area contributed by atoms with Crippen LogP contribution in [0.1, 0.15) is 25.7 Å². The van der Waals surface area contributed by atoms with E-state index in [0.717, 1.165) is 44.7 Å². The van der Waals surface area contributed by atoms with E-state index in [1.165, 1.54) is 6.42 Å². The van der Waals surface area contributed by atoms with Crippen molar-refractivity contribution < 1.29 is 9.84 Å². The van der Waals surface area contributed by atoms with E-state index in [1.54, 1.807) is 13.3 Å². The number of rotatable bonds is 5. The Morgan fingerprint density at radius 3 is 2.86 bits per heavy atom. The number of anilines is 1. The molecule has 0 spiro atoms. The average Bonchev–Trinajstić information content (AvgIpc) is 3.17. The van der Waals surface area contributed by atoms with E-state index in [-0.39, 0.29) is 6.61 Å². The Bertz CT molecular complexity index is 516. The summed E-state index contributed by atoms with van der Waals surface area (Å²) in [5.74, 6) is 0.760. The van der Waals surface area contributed by atoms with Crippen molar-refractivity contribution in [3.8, 4) is 6.01 Å². The smallest absolute Gasteiger partial charge is 0.318 e. The van der Waals surface area contributed by atoms with Gasteiger partial charge in [-0.05, 0) is 32.2 Å². The summed E-state index contributed by atoms with van der Waals surface area (Å²) in [7, 11) is 1.56. The first-order chi connectivity index (χ1) is 10.7. The van der Waals surface area contributed by atoms with Crippen LogP contribution in [0.3, 0.4) is 0 Å². The fraction of sp³-hybridized carbons (Fsp3) is 0.733. The van der Waals surface area contributed by atoms with E-state index < -0.39 is 0 Å². The van der Waals surface area contributed by atoms with Crippen LogP contribution >= 0.6 is 11.6 Å². The molecule has 0 aliphatic carbocycles. The van der Waals surface area contributed by atoms with E-state index in [2.05, 4.69) is 19.8 Å². The molecule has 2 fully saturated rings. The molecule has 2 saturated heterocycles. The molecule has 3 rings (SSSR count). The van der Waals surface area contributed by atoms with Gasteiger partial charge in [-0.15, -0.1) is 0 Å². The number of aliphatic hydroxyl groups is 1. The first-order valence-electron chi connectivity index (χ1n) is 7.91. The van der Waals surface area contributed by atoms with Crippen molar-refractivity contribution in [1.82, 2.24) is 14.9 Å². The van der Waals surface area contributed by atoms with Gasteiger partial charge in [-0.3, -0.25) is 4.90 Å². The summed E-state index contributed by atoms with van der Waals surface area (Å²) in [6.45, 7) is 3.21. The summed E-state index contributed by atoms with van der Waals surface area (Å²) in [6.07, 6.45) is 6.11. The number of nitrogens with zero attached hydrogens (tertiary/aromatic N) is 4. The lowest BCUT2D eigenvalue weighted by molar-refractivity contribution is 0.153. The second-order valence-corrected chi connectivity index (χ2v) is 6.40. The van der Waals surface area contributed by atoms with Crippen LogP contribution in [0.2, 0.25) is 5.02 Å². The molecular weight excluding hydrogens is 304 g/mol. The van der Waals surface area contributed by atoms with Crippen LogP contribution in [-0.4, -0.2) is 65.4 Å². The number of methoxy groups -OCH3 is 1. The van der Waals surface area contributed by atoms with Gasteiger partial charge >= 0.3 is 6.01 Å². The predicted molar refractivity (Wildman–Crippen MR) is 85.6 cm³/mol. The zero-order valence-electron chi connectivity index (χ0n) is 12.9. The number of aliphatic hydroxyl groups excluding tert-OH is 1. The number of halogens is 1. The van der Waals surface area contributed by atoms with Gasteiger partial charge in [0, 0.05) is 25.2 Å². The van der Waals surface area contributed by atoms with Crippen LogP contribution in [0.4, 0.5) is 5.82 Å². The normalized spacial score (nSPS) is 25.9. The largest absolute Gasteiger partial charge is 0.467 e. The SMILES string of the molecule is COc1ncc(Cl)c(N2CCCC2CN2CCCC2CO)n1. The average molecular weight is 327 g/mol. The number of aromatic nitrogens is 2. The second kappa shape index (κ2) is 6.98.